The highest BCUT2D eigenvalue weighted by atomic mass is 35.5. The molecule has 0 aliphatic heterocycles. The maximum absolute atomic E-state index is 12.6. The normalized spacial score (nSPS) is 12.4. The second kappa shape index (κ2) is 12.1. The van der Waals surface area contributed by atoms with Gasteiger partial charge >= 0.3 is 12.1 Å². The van der Waals surface area contributed by atoms with Gasteiger partial charge in [0, 0.05) is 16.5 Å². The zero-order chi connectivity index (χ0) is 22.8. The van der Waals surface area contributed by atoms with Crippen LogP contribution in [0, 0.1) is 0 Å². The molecule has 2 atom stereocenters. The quantitative estimate of drug-likeness (QED) is 0.487. The molecule has 3 N–H and O–H groups in total. The summed E-state index contributed by atoms with van der Waals surface area (Å²) in [6, 6.07) is 11.3. The van der Waals surface area contributed by atoms with Gasteiger partial charge in [0.25, 0.3) is 0 Å². The van der Waals surface area contributed by atoms with Crippen molar-refractivity contribution in [2.75, 3.05) is 13.7 Å². The second-order valence-corrected chi connectivity index (χ2v) is 7.24. The molecule has 2 aromatic carbocycles. The number of alkyl carbamates (subject to hydrolysis) is 1. The minimum absolute atomic E-state index is 0.0117. The van der Waals surface area contributed by atoms with Crippen LogP contribution in [0.5, 0.6) is 0 Å². The third-order valence-corrected chi connectivity index (χ3v) is 4.98. The zero-order valence-electron chi connectivity index (χ0n) is 16.6. The van der Waals surface area contributed by atoms with Crippen molar-refractivity contribution < 1.29 is 29.0 Å². The summed E-state index contributed by atoms with van der Waals surface area (Å²) in [7, 11) is 1.17. The Morgan fingerprint density at radius 2 is 1.61 bits per heavy atom. The topological polar surface area (TPSA) is 114 Å². The van der Waals surface area contributed by atoms with Crippen LogP contribution < -0.4 is 10.6 Å². The molecule has 0 saturated carbocycles. The maximum Gasteiger partial charge on any atom is 0.408 e. The summed E-state index contributed by atoms with van der Waals surface area (Å²) in [4.78, 5) is 36.7. The fraction of sp³-hybridized carbons (Fsp3) is 0.286. The number of carbonyl (C=O) groups excluding carboxylic acids is 3. The Hall–Kier alpha value is -2.81. The van der Waals surface area contributed by atoms with Crippen LogP contribution in [-0.2, 0) is 32.1 Å². The first-order chi connectivity index (χ1) is 14.8. The molecule has 31 heavy (non-hydrogen) atoms. The number of aliphatic hydroxyl groups excluding tert-OH is 1. The van der Waals surface area contributed by atoms with E-state index in [2.05, 4.69) is 10.6 Å². The molecule has 2 aromatic rings. The number of hydrogen-bond donors (Lipinski definition) is 3. The molecule has 2 rings (SSSR count). The van der Waals surface area contributed by atoms with Crippen LogP contribution in [0.15, 0.2) is 48.5 Å². The number of methoxy groups -OCH3 is 1. The number of rotatable bonds is 9. The van der Waals surface area contributed by atoms with E-state index in [0.717, 1.165) is 5.56 Å². The molecule has 0 fully saturated rings. The lowest BCUT2D eigenvalue weighted by Crippen LogP contribution is -2.54. The van der Waals surface area contributed by atoms with E-state index in [-0.39, 0.29) is 13.0 Å². The zero-order valence-corrected chi connectivity index (χ0v) is 18.2. The average molecular weight is 469 g/mol. The Kier molecular flexibility index (Phi) is 9.58. The van der Waals surface area contributed by atoms with Gasteiger partial charge < -0.3 is 25.2 Å². The Balaban J connectivity index is 2.01. The molecule has 10 heteroatoms. The SMILES string of the molecule is COC(=O)[C@H](Cc1c(Cl)cccc1Cl)NC(=O)[C@H](CO)NC(=O)OCc1ccccc1. The summed E-state index contributed by atoms with van der Waals surface area (Å²) in [6.07, 6.45) is -0.949. The van der Waals surface area contributed by atoms with Crippen LogP contribution in [-0.4, -0.2) is 48.9 Å². The summed E-state index contributed by atoms with van der Waals surface area (Å²) in [5.74, 6) is -1.55. The third kappa shape index (κ3) is 7.43. The summed E-state index contributed by atoms with van der Waals surface area (Å²) < 4.78 is 9.78. The predicted molar refractivity (Wildman–Crippen MR) is 115 cm³/mol. The molecule has 2 amide bonds. The Morgan fingerprint density at radius 1 is 0.968 bits per heavy atom. The van der Waals surface area contributed by atoms with Crippen molar-refractivity contribution in [2.45, 2.75) is 25.1 Å². The summed E-state index contributed by atoms with van der Waals surface area (Å²) in [6.45, 7) is -0.727. The smallest absolute Gasteiger partial charge is 0.408 e. The van der Waals surface area contributed by atoms with Crippen molar-refractivity contribution in [2.24, 2.45) is 0 Å². The number of nitrogens with one attached hydrogen (secondary N) is 2. The molecule has 0 aromatic heterocycles. The molecular formula is C21H22Cl2N2O6. The molecule has 0 heterocycles. The number of halogens is 2. The van der Waals surface area contributed by atoms with Crippen LogP contribution in [0.1, 0.15) is 11.1 Å². The first kappa shape index (κ1) is 24.5. The van der Waals surface area contributed by atoms with E-state index in [4.69, 9.17) is 32.7 Å². The molecule has 0 aliphatic rings. The van der Waals surface area contributed by atoms with Gasteiger partial charge in [-0.2, -0.15) is 0 Å². The van der Waals surface area contributed by atoms with Gasteiger partial charge in [-0.1, -0.05) is 59.6 Å². The fourth-order valence-electron chi connectivity index (χ4n) is 2.64. The molecule has 0 saturated heterocycles. The summed E-state index contributed by atoms with van der Waals surface area (Å²) in [5, 5.41) is 14.9. The molecule has 0 bridgehead atoms. The van der Waals surface area contributed by atoms with E-state index >= 15 is 0 Å². The second-order valence-electron chi connectivity index (χ2n) is 6.43. The number of carbonyl (C=O) groups is 3. The molecule has 0 aliphatic carbocycles. The lowest BCUT2D eigenvalue weighted by Gasteiger charge is -2.21. The van der Waals surface area contributed by atoms with Crippen molar-refractivity contribution >= 4 is 41.2 Å². The minimum atomic E-state index is -1.35. The molecule has 0 spiro atoms. The van der Waals surface area contributed by atoms with Crippen LogP contribution in [0.25, 0.3) is 0 Å². The van der Waals surface area contributed by atoms with E-state index in [1.807, 2.05) is 6.07 Å². The van der Waals surface area contributed by atoms with E-state index < -0.39 is 36.7 Å². The lowest BCUT2D eigenvalue weighted by molar-refractivity contribution is -0.145. The van der Waals surface area contributed by atoms with Crippen LogP contribution in [0.4, 0.5) is 4.79 Å². The highest BCUT2D eigenvalue weighted by Gasteiger charge is 2.28. The maximum atomic E-state index is 12.6. The van der Waals surface area contributed by atoms with Crippen LogP contribution in [0.3, 0.4) is 0 Å². The number of benzene rings is 2. The van der Waals surface area contributed by atoms with E-state index in [1.165, 1.54) is 7.11 Å². The molecule has 8 nitrogen and oxygen atoms in total. The highest BCUT2D eigenvalue weighted by molar-refractivity contribution is 6.36. The first-order valence-electron chi connectivity index (χ1n) is 9.24. The van der Waals surface area contributed by atoms with Crippen LogP contribution in [0.2, 0.25) is 10.0 Å². The minimum Gasteiger partial charge on any atom is -0.467 e. The monoisotopic (exact) mass is 468 g/mol. The third-order valence-electron chi connectivity index (χ3n) is 4.28. The predicted octanol–water partition coefficient (Wildman–Crippen LogP) is 2.48. The van der Waals surface area contributed by atoms with Gasteiger partial charge in [0.15, 0.2) is 0 Å². The number of hydrogen-bond acceptors (Lipinski definition) is 6. The van der Waals surface area contributed by atoms with Crippen molar-refractivity contribution in [3.05, 3.63) is 69.7 Å². The lowest BCUT2D eigenvalue weighted by atomic mass is 10.1. The van der Waals surface area contributed by atoms with Gasteiger partial charge in [0.1, 0.15) is 18.7 Å². The van der Waals surface area contributed by atoms with Crippen molar-refractivity contribution in [1.82, 2.24) is 10.6 Å². The van der Waals surface area contributed by atoms with Gasteiger partial charge in [-0.15, -0.1) is 0 Å². The first-order valence-corrected chi connectivity index (χ1v) is 10.0. The molecular weight excluding hydrogens is 447 g/mol. The summed E-state index contributed by atoms with van der Waals surface area (Å²) >= 11 is 12.3. The van der Waals surface area contributed by atoms with Gasteiger partial charge in [0.05, 0.1) is 13.7 Å². The largest absolute Gasteiger partial charge is 0.467 e. The van der Waals surface area contributed by atoms with Gasteiger partial charge in [-0.25, -0.2) is 9.59 Å². The van der Waals surface area contributed by atoms with Crippen molar-refractivity contribution in [3.8, 4) is 0 Å². The van der Waals surface area contributed by atoms with Gasteiger partial charge in [-0.3, -0.25) is 4.79 Å². The average Bonchev–Trinajstić information content (AvgIpc) is 2.77. The Labute approximate surface area is 189 Å². The summed E-state index contributed by atoms with van der Waals surface area (Å²) in [5.41, 5.74) is 1.20. The molecule has 0 unspecified atom stereocenters. The van der Waals surface area contributed by atoms with E-state index in [0.29, 0.717) is 15.6 Å². The number of aliphatic hydroxyl groups is 1. The number of esters is 1. The van der Waals surface area contributed by atoms with Crippen molar-refractivity contribution in [3.63, 3.8) is 0 Å². The van der Waals surface area contributed by atoms with Crippen molar-refractivity contribution in [1.29, 1.82) is 0 Å². The Morgan fingerprint density at radius 3 is 2.19 bits per heavy atom. The standard InChI is InChI=1S/C21H22Cl2N2O6/c1-30-20(28)17(10-14-15(22)8-5-9-16(14)23)24-19(27)18(11-26)25-21(29)31-12-13-6-3-2-4-7-13/h2-9,17-18,26H,10-12H2,1H3,(H,24,27)(H,25,29)/t17-,18-/m0/s1. The molecule has 166 valence electrons. The number of ether oxygens (including phenoxy) is 2. The molecule has 0 radical (unpaired) electrons. The highest BCUT2D eigenvalue weighted by Crippen LogP contribution is 2.25. The van der Waals surface area contributed by atoms with Gasteiger partial charge in [-0.05, 0) is 23.3 Å². The fourth-order valence-corrected chi connectivity index (χ4v) is 3.19. The Bertz CT molecular complexity index is 890. The number of amides is 2. The van der Waals surface area contributed by atoms with E-state index in [1.54, 1.807) is 42.5 Å². The van der Waals surface area contributed by atoms with Crippen LogP contribution >= 0.6 is 23.2 Å². The van der Waals surface area contributed by atoms with Gasteiger partial charge in [0.2, 0.25) is 5.91 Å². The van der Waals surface area contributed by atoms with E-state index in [9.17, 15) is 19.5 Å².